The number of nitrogens with zero attached hydrogens (tertiary/aromatic N) is 2. The highest BCUT2D eigenvalue weighted by molar-refractivity contribution is 6.31. The maximum Gasteiger partial charge on any atom is 0.329 e. The third kappa shape index (κ3) is 4.65. The van der Waals surface area contributed by atoms with E-state index in [4.69, 9.17) is 16.3 Å². The van der Waals surface area contributed by atoms with E-state index in [1.54, 1.807) is 30.3 Å². The third-order valence-corrected chi connectivity index (χ3v) is 6.30. The fourth-order valence-corrected chi connectivity index (χ4v) is 4.26. The molecule has 1 aromatic heterocycles. The molecule has 4 amide bonds. The van der Waals surface area contributed by atoms with Crippen LogP contribution in [0.25, 0.3) is 11.8 Å². The van der Waals surface area contributed by atoms with E-state index in [1.807, 2.05) is 49.6 Å². The predicted octanol–water partition coefficient (Wildman–Crippen LogP) is 4.60. The van der Waals surface area contributed by atoms with Gasteiger partial charge in [-0.05, 0) is 68.3 Å². The number of rotatable bonds is 6. The lowest BCUT2D eigenvalue weighted by Crippen LogP contribution is -2.38. The predicted molar refractivity (Wildman–Crippen MR) is 135 cm³/mol. The lowest BCUT2D eigenvalue weighted by Gasteiger charge is -2.14. The van der Waals surface area contributed by atoms with Crippen molar-refractivity contribution in [1.82, 2.24) is 14.8 Å². The topological polar surface area (TPSA) is 92.7 Å². The third-order valence-electron chi connectivity index (χ3n) is 5.90. The average molecular weight is 493 g/mol. The first-order valence-electron chi connectivity index (χ1n) is 10.9. The summed E-state index contributed by atoms with van der Waals surface area (Å²) >= 11 is 6.31. The molecule has 0 radical (unpaired) electrons. The molecule has 1 fully saturated rings. The molecule has 0 atom stereocenters. The highest BCUT2D eigenvalue weighted by Gasteiger charge is 2.35. The molecule has 1 aliphatic heterocycles. The van der Waals surface area contributed by atoms with Crippen LogP contribution in [-0.4, -0.2) is 41.0 Å². The molecule has 35 heavy (non-hydrogen) atoms. The highest BCUT2D eigenvalue weighted by atomic mass is 35.5. The summed E-state index contributed by atoms with van der Waals surface area (Å²) < 4.78 is 7.27. The van der Waals surface area contributed by atoms with E-state index in [0.29, 0.717) is 16.5 Å². The second-order valence-electron chi connectivity index (χ2n) is 8.17. The zero-order valence-electron chi connectivity index (χ0n) is 19.8. The molecule has 1 aliphatic rings. The zero-order valence-corrected chi connectivity index (χ0v) is 20.6. The minimum atomic E-state index is -0.657. The van der Waals surface area contributed by atoms with E-state index in [-0.39, 0.29) is 5.70 Å². The molecule has 3 aromatic rings. The van der Waals surface area contributed by atoms with Crippen LogP contribution >= 0.6 is 11.6 Å². The van der Waals surface area contributed by atoms with Crippen LogP contribution in [0.5, 0.6) is 5.75 Å². The van der Waals surface area contributed by atoms with Crippen molar-refractivity contribution in [3.8, 4) is 11.4 Å². The number of carbonyl (C=O) groups excluding carboxylic acids is 3. The quantitative estimate of drug-likeness (QED) is 0.388. The van der Waals surface area contributed by atoms with Crippen molar-refractivity contribution in [1.29, 1.82) is 0 Å². The van der Waals surface area contributed by atoms with Crippen LogP contribution in [0, 0.1) is 20.8 Å². The summed E-state index contributed by atoms with van der Waals surface area (Å²) in [6, 6.07) is 13.9. The maximum atomic E-state index is 12.9. The number of hydrogen-bond acceptors (Lipinski definition) is 4. The Kier molecular flexibility index (Phi) is 6.66. The van der Waals surface area contributed by atoms with Gasteiger partial charge in [0.2, 0.25) is 5.91 Å². The van der Waals surface area contributed by atoms with Crippen molar-refractivity contribution in [2.24, 2.45) is 0 Å². The van der Waals surface area contributed by atoms with Crippen LogP contribution in [0.4, 0.5) is 10.5 Å². The first-order valence-corrected chi connectivity index (χ1v) is 11.3. The van der Waals surface area contributed by atoms with Crippen molar-refractivity contribution in [3.05, 3.63) is 81.8 Å². The van der Waals surface area contributed by atoms with Crippen molar-refractivity contribution in [3.63, 3.8) is 0 Å². The van der Waals surface area contributed by atoms with Gasteiger partial charge in [0.25, 0.3) is 5.91 Å². The van der Waals surface area contributed by atoms with Gasteiger partial charge in [-0.25, -0.2) is 9.69 Å². The van der Waals surface area contributed by atoms with E-state index in [2.05, 4.69) is 10.6 Å². The zero-order chi connectivity index (χ0) is 25.3. The van der Waals surface area contributed by atoms with Crippen LogP contribution in [0.15, 0.2) is 54.2 Å². The molecule has 0 saturated carbocycles. The Morgan fingerprint density at radius 3 is 2.60 bits per heavy atom. The second kappa shape index (κ2) is 9.68. The van der Waals surface area contributed by atoms with Gasteiger partial charge in [-0.3, -0.25) is 9.59 Å². The molecule has 0 aliphatic carbocycles. The van der Waals surface area contributed by atoms with Gasteiger partial charge in [0.15, 0.2) is 0 Å². The molecule has 2 N–H and O–H groups in total. The molecule has 9 heteroatoms. The average Bonchev–Trinajstić information content (AvgIpc) is 3.25. The number of urea groups is 1. The molecule has 1 saturated heterocycles. The van der Waals surface area contributed by atoms with Gasteiger partial charge in [-0.2, -0.15) is 0 Å². The summed E-state index contributed by atoms with van der Waals surface area (Å²) in [5.41, 5.74) is 5.03. The molecule has 0 unspecified atom stereocenters. The molecule has 0 bridgehead atoms. The first kappa shape index (κ1) is 24.1. The Bertz CT molecular complexity index is 1380. The number of para-hydroxylation sites is 2. The number of amides is 4. The van der Waals surface area contributed by atoms with Crippen LogP contribution in [-0.2, 0) is 9.59 Å². The number of methoxy groups -OCH3 is 1. The number of aromatic nitrogens is 1. The largest absolute Gasteiger partial charge is 0.495 e. The molecular weight excluding hydrogens is 468 g/mol. The SMILES string of the molecule is COc1ccccc1NC(=O)CN1C(=O)N/C(=C/c2cc(C)n(-c3cccc(Cl)c3C)c2C)C1=O. The second-order valence-corrected chi connectivity index (χ2v) is 8.58. The number of benzene rings is 2. The Balaban J connectivity index is 1.55. The number of ether oxygens (including phenoxy) is 1. The van der Waals surface area contributed by atoms with E-state index in [9.17, 15) is 14.4 Å². The summed E-state index contributed by atoms with van der Waals surface area (Å²) in [5, 5.41) is 5.91. The fraction of sp³-hybridized carbons (Fsp3) is 0.192. The normalized spacial score (nSPS) is 14.4. The maximum absolute atomic E-state index is 12.9. The molecular formula is C26H25ClN4O4. The lowest BCUT2D eigenvalue weighted by atomic mass is 10.2. The van der Waals surface area contributed by atoms with Crippen molar-refractivity contribution in [2.45, 2.75) is 20.8 Å². The Morgan fingerprint density at radius 1 is 1.11 bits per heavy atom. The van der Waals surface area contributed by atoms with Gasteiger partial charge in [0, 0.05) is 22.1 Å². The van der Waals surface area contributed by atoms with Crippen molar-refractivity contribution < 1.29 is 19.1 Å². The Hall–Kier alpha value is -4.04. The van der Waals surface area contributed by atoms with Gasteiger partial charge in [0.05, 0.1) is 12.8 Å². The minimum Gasteiger partial charge on any atom is -0.495 e. The fourth-order valence-electron chi connectivity index (χ4n) is 4.09. The Morgan fingerprint density at radius 2 is 1.86 bits per heavy atom. The summed E-state index contributed by atoms with van der Waals surface area (Å²) in [4.78, 5) is 38.8. The van der Waals surface area contributed by atoms with Crippen LogP contribution in [0.1, 0.15) is 22.5 Å². The number of aryl methyl sites for hydroxylation is 1. The monoisotopic (exact) mass is 492 g/mol. The molecule has 0 spiro atoms. The number of hydrogen-bond donors (Lipinski definition) is 2. The smallest absolute Gasteiger partial charge is 0.329 e. The molecule has 2 heterocycles. The van der Waals surface area contributed by atoms with Crippen molar-refractivity contribution in [2.75, 3.05) is 19.0 Å². The summed E-state index contributed by atoms with van der Waals surface area (Å²) in [6.07, 6.45) is 1.62. The summed E-state index contributed by atoms with van der Waals surface area (Å²) in [6.45, 7) is 5.41. The van der Waals surface area contributed by atoms with E-state index < -0.39 is 24.4 Å². The van der Waals surface area contributed by atoms with Gasteiger partial charge in [0.1, 0.15) is 18.0 Å². The number of carbonyl (C=O) groups is 3. The van der Waals surface area contributed by atoms with Gasteiger partial charge >= 0.3 is 6.03 Å². The van der Waals surface area contributed by atoms with Crippen LogP contribution < -0.4 is 15.4 Å². The van der Waals surface area contributed by atoms with E-state index in [1.165, 1.54) is 7.11 Å². The van der Waals surface area contributed by atoms with Crippen LogP contribution in [0.2, 0.25) is 5.02 Å². The van der Waals surface area contributed by atoms with Gasteiger partial charge in [-0.15, -0.1) is 0 Å². The molecule has 8 nitrogen and oxygen atoms in total. The lowest BCUT2D eigenvalue weighted by molar-refractivity contribution is -0.127. The molecule has 2 aromatic carbocycles. The van der Waals surface area contributed by atoms with Gasteiger partial charge in [-0.1, -0.05) is 29.8 Å². The first-order chi connectivity index (χ1) is 16.7. The van der Waals surface area contributed by atoms with Crippen LogP contribution in [0.3, 0.4) is 0 Å². The number of halogens is 1. The van der Waals surface area contributed by atoms with E-state index in [0.717, 1.165) is 33.1 Å². The number of imide groups is 1. The number of anilines is 1. The summed E-state index contributed by atoms with van der Waals surface area (Å²) in [5.74, 6) is -0.619. The minimum absolute atomic E-state index is 0.100. The Labute approximate surface area is 208 Å². The number of nitrogens with one attached hydrogen (secondary N) is 2. The highest BCUT2D eigenvalue weighted by Crippen LogP contribution is 2.29. The van der Waals surface area contributed by atoms with Gasteiger partial charge < -0.3 is 19.9 Å². The molecule has 4 rings (SSSR count). The molecule has 180 valence electrons. The summed E-state index contributed by atoms with van der Waals surface area (Å²) in [7, 11) is 1.49. The van der Waals surface area contributed by atoms with Crippen molar-refractivity contribution >= 4 is 41.2 Å². The van der Waals surface area contributed by atoms with E-state index >= 15 is 0 Å². The standard InChI is InChI=1S/C26H25ClN4O4/c1-15-12-18(17(3)31(15)22-10-7-8-19(27)16(22)2)13-21-25(33)30(26(34)29-21)14-24(32)28-20-9-5-6-11-23(20)35-4/h5-13H,14H2,1-4H3,(H,28,32)(H,29,34)/b21-13+.